The molecule has 2 rings (SSSR count). The Morgan fingerprint density at radius 3 is 3.19 bits per heavy atom. The van der Waals surface area contributed by atoms with E-state index in [1.165, 1.54) is 25.0 Å². The summed E-state index contributed by atoms with van der Waals surface area (Å²) in [5.41, 5.74) is 0. The van der Waals surface area contributed by atoms with Crippen LogP contribution in [0.3, 0.4) is 0 Å². The van der Waals surface area contributed by atoms with E-state index in [0.29, 0.717) is 6.04 Å². The minimum atomic E-state index is 0.673. The number of aromatic nitrogens is 1. The minimum absolute atomic E-state index is 0.673. The number of rotatable bonds is 5. The van der Waals surface area contributed by atoms with Crippen LogP contribution in [0.2, 0.25) is 4.34 Å². The van der Waals surface area contributed by atoms with Gasteiger partial charge in [0.2, 0.25) is 0 Å². The molecule has 0 amide bonds. The van der Waals surface area contributed by atoms with Crippen molar-refractivity contribution in [1.29, 1.82) is 0 Å². The van der Waals surface area contributed by atoms with Gasteiger partial charge in [-0.1, -0.05) is 18.5 Å². The van der Waals surface area contributed by atoms with Crippen molar-refractivity contribution in [2.24, 2.45) is 0 Å². The number of nitrogens with zero attached hydrogens (tertiary/aromatic N) is 1. The second kappa shape index (κ2) is 6.24. The fraction of sp³-hybridized carbons (Fsp3) is 0.727. The molecule has 1 saturated carbocycles. The summed E-state index contributed by atoms with van der Waals surface area (Å²) in [5, 5.41) is 5.53. The molecule has 1 fully saturated rings. The van der Waals surface area contributed by atoms with E-state index >= 15 is 0 Å². The predicted molar refractivity (Wildman–Crippen MR) is 73.5 cm³/mol. The molecule has 0 aliphatic heterocycles. The van der Waals surface area contributed by atoms with E-state index in [4.69, 9.17) is 11.6 Å². The first-order valence-electron chi connectivity index (χ1n) is 5.73. The molecule has 5 heteroatoms. The lowest BCUT2D eigenvalue weighted by Crippen LogP contribution is -2.26. The van der Waals surface area contributed by atoms with Crippen molar-refractivity contribution < 1.29 is 0 Å². The van der Waals surface area contributed by atoms with Crippen LogP contribution in [0.25, 0.3) is 0 Å². The van der Waals surface area contributed by atoms with E-state index in [2.05, 4.69) is 29.0 Å². The molecule has 0 saturated heterocycles. The molecule has 1 N–H and O–H groups in total. The van der Waals surface area contributed by atoms with Gasteiger partial charge >= 0.3 is 0 Å². The largest absolute Gasteiger partial charge is 0.308 e. The zero-order chi connectivity index (χ0) is 11.4. The van der Waals surface area contributed by atoms with Crippen LogP contribution in [0, 0.1) is 0 Å². The molecular formula is C11H17ClN2S2. The van der Waals surface area contributed by atoms with E-state index in [0.717, 1.165) is 21.1 Å². The monoisotopic (exact) mass is 276 g/mol. The van der Waals surface area contributed by atoms with Crippen LogP contribution in [0.4, 0.5) is 0 Å². The first-order chi connectivity index (χ1) is 7.78. The number of thiazole rings is 1. The van der Waals surface area contributed by atoms with E-state index in [1.807, 2.05) is 0 Å². The van der Waals surface area contributed by atoms with Gasteiger partial charge in [0.1, 0.15) is 9.34 Å². The Morgan fingerprint density at radius 1 is 1.62 bits per heavy atom. The fourth-order valence-electron chi connectivity index (χ4n) is 2.11. The van der Waals surface area contributed by atoms with Crippen LogP contribution in [-0.4, -0.2) is 22.0 Å². The van der Waals surface area contributed by atoms with Crippen LogP contribution in [0.15, 0.2) is 6.20 Å². The van der Waals surface area contributed by atoms with Gasteiger partial charge in [0.15, 0.2) is 0 Å². The Morgan fingerprint density at radius 2 is 2.50 bits per heavy atom. The van der Waals surface area contributed by atoms with E-state index in [-0.39, 0.29) is 0 Å². The van der Waals surface area contributed by atoms with Crippen LogP contribution >= 0.6 is 34.7 Å². The van der Waals surface area contributed by atoms with Crippen molar-refractivity contribution >= 4 is 34.7 Å². The van der Waals surface area contributed by atoms with Gasteiger partial charge < -0.3 is 5.32 Å². The molecule has 1 heterocycles. The van der Waals surface area contributed by atoms with Gasteiger partial charge in [0, 0.05) is 17.8 Å². The summed E-state index contributed by atoms with van der Waals surface area (Å²) in [6.45, 7) is 3.11. The molecule has 1 aliphatic rings. The Hall–Kier alpha value is 0.230. The maximum absolute atomic E-state index is 5.85. The first kappa shape index (κ1) is 12.7. The molecule has 16 heavy (non-hydrogen) atoms. The second-order valence-corrected chi connectivity index (χ2v) is 7.35. The van der Waals surface area contributed by atoms with Gasteiger partial charge in [-0.2, -0.15) is 11.8 Å². The van der Waals surface area contributed by atoms with Crippen molar-refractivity contribution in [2.75, 3.05) is 5.75 Å². The summed E-state index contributed by atoms with van der Waals surface area (Å²) in [6, 6.07) is 0.673. The molecule has 2 unspecified atom stereocenters. The Kier molecular flexibility index (Phi) is 4.95. The van der Waals surface area contributed by atoms with Gasteiger partial charge in [-0.3, -0.25) is 0 Å². The Balaban J connectivity index is 1.71. The van der Waals surface area contributed by atoms with Crippen LogP contribution < -0.4 is 5.32 Å². The summed E-state index contributed by atoms with van der Waals surface area (Å²) in [7, 11) is 0. The summed E-state index contributed by atoms with van der Waals surface area (Å²) >= 11 is 9.51. The summed E-state index contributed by atoms with van der Waals surface area (Å²) in [6.07, 6.45) is 5.69. The first-order valence-corrected chi connectivity index (χ1v) is 7.97. The third-order valence-electron chi connectivity index (χ3n) is 2.85. The molecule has 2 nitrogen and oxygen atoms in total. The predicted octanol–water partition coefficient (Wildman–Crippen LogP) is 3.56. The number of thioether (sulfide) groups is 1. The molecule has 0 spiro atoms. The molecule has 0 radical (unpaired) electrons. The van der Waals surface area contributed by atoms with Crippen molar-refractivity contribution in [1.82, 2.24) is 10.3 Å². The second-order valence-electron chi connectivity index (χ2n) is 4.03. The highest BCUT2D eigenvalue weighted by Gasteiger charge is 2.24. The quantitative estimate of drug-likeness (QED) is 0.890. The Labute approximate surface area is 110 Å². The lowest BCUT2D eigenvalue weighted by molar-refractivity contribution is 0.524. The van der Waals surface area contributed by atoms with Crippen molar-refractivity contribution in [3.63, 3.8) is 0 Å². The lowest BCUT2D eigenvalue weighted by Gasteiger charge is -2.11. The van der Waals surface area contributed by atoms with Gasteiger partial charge in [0.25, 0.3) is 0 Å². The third-order valence-corrected chi connectivity index (χ3v) is 5.20. The van der Waals surface area contributed by atoms with Crippen LogP contribution in [0.1, 0.15) is 31.2 Å². The highest BCUT2D eigenvalue weighted by atomic mass is 35.5. The maximum Gasteiger partial charge on any atom is 0.113 e. The summed E-state index contributed by atoms with van der Waals surface area (Å²) in [5.74, 6) is 1.24. The van der Waals surface area contributed by atoms with Crippen molar-refractivity contribution in [3.8, 4) is 0 Å². The highest BCUT2D eigenvalue weighted by Crippen LogP contribution is 2.30. The van der Waals surface area contributed by atoms with Crippen LogP contribution in [0.5, 0.6) is 0 Å². The van der Waals surface area contributed by atoms with Gasteiger partial charge in [0.05, 0.1) is 6.20 Å². The normalized spacial score (nSPS) is 25.1. The maximum atomic E-state index is 5.85. The van der Waals surface area contributed by atoms with E-state index < -0.39 is 0 Å². The van der Waals surface area contributed by atoms with Crippen molar-refractivity contribution in [2.45, 2.75) is 44.0 Å². The lowest BCUT2D eigenvalue weighted by atomic mass is 10.2. The molecule has 1 aliphatic carbocycles. The standard InChI is InChI=1S/C11H17ClN2S2/c1-2-15-9-4-3-8(5-9)13-7-11-14-6-10(12)16-11/h6,8-9,13H,2-5,7H2,1H3. The molecule has 0 bridgehead atoms. The van der Waals surface area contributed by atoms with Gasteiger partial charge in [-0.25, -0.2) is 4.98 Å². The third kappa shape index (κ3) is 3.62. The average Bonchev–Trinajstić information content (AvgIpc) is 2.85. The summed E-state index contributed by atoms with van der Waals surface area (Å²) < 4.78 is 0.780. The minimum Gasteiger partial charge on any atom is -0.308 e. The SMILES string of the molecule is CCSC1CCC(NCc2ncc(Cl)s2)C1. The van der Waals surface area contributed by atoms with Crippen LogP contribution in [-0.2, 0) is 6.54 Å². The van der Waals surface area contributed by atoms with Gasteiger partial charge in [-0.05, 0) is 25.0 Å². The fourth-order valence-corrected chi connectivity index (χ4v) is 4.16. The highest BCUT2D eigenvalue weighted by molar-refractivity contribution is 7.99. The molecular weight excluding hydrogens is 260 g/mol. The number of halogens is 1. The molecule has 90 valence electrons. The smallest absolute Gasteiger partial charge is 0.113 e. The molecule has 0 aromatic carbocycles. The molecule has 1 aromatic heterocycles. The number of hydrogen-bond donors (Lipinski definition) is 1. The number of hydrogen-bond acceptors (Lipinski definition) is 4. The molecule has 1 aromatic rings. The van der Waals surface area contributed by atoms with E-state index in [1.54, 1.807) is 17.5 Å². The van der Waals surface area contributed by atoms with Gasteiger partial charge in [-0.15, -0.1) is 11.3 Å². The summed E-state index contributed by atoms with van der Waals surface area (Å²) in [4.78, 5) is 4.25. The van der Waals surface area contributed by atoms with Crippen molar-refractivity contribution in [3.05, 3.63) is 15.5 Å². The van der Waals surface area contributed by atoms with E-state index in [9.17, 15) is 0 Å². The molecule has 2 atom stereocenters. The zero-order valence-electron chi connectivity index (χ0n) is 9.41. The Bertz CT molecular complexity index is 330. The number of nitrogens with one attached hydrogen (secondary N) is 1. The average molecular weight is 277 g/mol. The topological polar surface area (TPSA) is 24.9 Å². The zero-order valence-corrected chi connectivity index (χ0v) is 11.8.